The van der Waals surface area contributed by atoms with Gasteiger partial charge in [-0.3, -0.25) is 15.0 Å². The third-order valence-electron chi connectivity index (χ3n) is 7.08. The van der Waals surface area contributed by atoms with Crippen molar-refractivity contribution in [2.75, 3.05) is 29.6 Å². The van der Waals surface area contributed by atoms with Crippen molar-refractivity contribution in [2.45, 2.75) is 32.2 Å². The van der Waals surface area contributed by atoms with Gasteiger partial charge in [-0.1, -0.05) is 36.4 Å². The van der Waals surface area contributed by atoms with E-state index in [1.165, 1.54) is 16.9 Å². The summed E-state index contributed by atoms with van der Waals surface area (Å²) in [7, 11) is 0. The lowest BCUT2D eigenvalue weighted by molar-refractivity contribution is 0.202. The lowest BCUT2D eigenvalue weighted by Crippen LogP contribution is -2.32. The van der Waals surface area contributed by atoms with E-state index in [2.05, 4.69) is 96.9 Å². The maximum Gasteiger partial charge on any atom is 0.199 e. The number of aryl methyl sites for hydroxylation is 1. The van der Waals surface area contributed by atoms with Crippen molar-refractivity contribution in [3.05, 3.63) is 102 Å². The fourth-order valence-corrected chi connectivity index (χ4v) is 5.00. The van der Waals surface area contributed by atoms with Gasteiger partial charge in [-0.25, -0.2) is 4.98 Å². The van der Waals surface area contributed by atoms with Crippen molar-refractivity contribution in [2.24, 2.45) is 0 Å². The van der Waals surface area contributed by atoms with Crippen LogP contribution in [0.1, 0.15) is 35.7 Å². The van der Waals surface area contributed by atoms with Gasteiger partial charge in [0, 0.05) is 42.4 Å². The number of rotatable bonds is 6. The molecule has 182 valence electrons. The summed E-state index contributed by atoms with van der Waals surface area (Å²) < 4.78 is 0. The van der Waals surface area contributed by atoms with Gasteiger partial charge in [0.1, 0.15) is 11.5 Å². The molecule has 1 N–H and O–H groups in total. The summed E-state index contributed by atoms with van der Waals surface area (Å²) in [5.74, 6) is 2.09. The molecule has 0 amide bonds. The number of H-pyrrole nitrogens is 1. The lowest BCUT2D eigenvalue weighted by Gasteiger charge is -2.31. The molecule has 7 heteroatoms. The summed E-state index contributed by atoms with van der Waals surface area (Å²) in [6, 6.07) is 23.5. The molecule has 1 saturated heterocycles. The van der Waals surface area contributed by atoms with Gasteiger partial charge in [0.05, 0.1) is 6.67 Å². The number of likely N-dealkylation sites (tertiary alicyclic amines) is 1. The van der Waals surface area contributed by atoms with Crippen LogP contribution in [0.3, 0.4) is 0 Å². The van der Waals surface area contributed by atoms with E-state index >= 15 is 0 Å². The van der Waals surface area contributed by atoms with Gasteiger partial charge in [0.15, 0.2) is 5.82 Å². The van der Waals surface area contributed by atoms with Crippen LogP contribution in [0.4, 0.5) is 11.4 Å². The van der Waals surface area contributed by atoms with Crippen LogP contribution in [0, 0.1) is 6.92 Å². The monoisotopic (exact) mass is 477 g/mol. The SMILES string of the molecule is Cc1ccc(-c2n[nH]c(C3CCN(Cc4cccc(N5C=CN(c6ccccc6)C5)c4)CC3)n2)nc1. The highest BCUT2D eigenvalue weighted by Gasteiger charge is 2.24. The predicted octanol–water partition coefficient (Wildman–Crippen LogP) is 5.31. The third kappa shape index (κ3) is 4.88. The van der Waals surface area contributed by atoms with E-state index in [0.717, 1.165) is 56.2 Å². The molecule has 4 aromatic rings. The molecule has 0 radical (unpaired) electrons. The average Bonchev–Trinajstić information content (AvgIpc) is 3.61. The summed E-state index contributed by atoms with van der Waals surface area (Å²) >= 11 is 0. The number of anilines is 2. The number of hydrogen-bond donors (Lipinski definition) is 1. The fraction of sp³-hybridized carbons (Fsp3) is 0.276. The zero-order valence-electron chi connectivity index (χ0n) is 20.6. The largest absolute Gasteiger partial charge is 0.328 e. The minimum atomic E-state index is 0.415. The summed E-state index contributed by atoms with van der Waals surface area (Å²) in [4.78, 5) is 16.3. The zero-order valence-corrected chi connectivity index (χ0v) is 20.6. The molecule has 0 bridgehead atoms. The van der Waals surface area contributed by atoms with E-state index in [-0.39, 0.29) is 0 Å². The molecule has 2 aromatic carbocycles. The van der Waals surface area contributed by atoms with Crippen LogP contribution in [0.5, 0.6) is 0 Å². The van der Waals surface area contributed by atoms with E-state index < -0.39 is 0 Å². The second-order valence-electron chi connectivity index (χ2n) is 9.70. The summed E-state index contributed by atoms with van der Waals surface area (Å²) in [6.45, 7) is 5.94. The molecule has 1 fully saturated rings. The van der Waals surface area contributed by atoms with E-state index in [1.54, 1.807) is 0 Å². The predicted molar refractivity (Wildman–Crippen MR) is 143 cm³/mol. The highest BCUT2D eigenvalue weighted by molar-refractivity contribution is 5.59. The maximum atomic E-state index is 4.76. The first kappa shape index (κ1) is 22.5. The number of nitrogens with one attached hydrogen (secondary N) is 1. The van der Waals surface area contributed by atoms with Crippen molar-refractivity contribution in [1.29, 1.82) is 0 Å². The number of para-hydroxylation sites is 1. The van der Waals surface area contributed by atoms with Crippen LogP contribution < -0.4 is 9.80 Å². The molecule has 2 aliphatic heterocycles. The molecule has 2 aromatic heterocycles. The van der Waals surface area contributed by atoms with Crippen molar-refractivity contribution < 1.29 is 0 Å². The van der Waals surface area contributed by atoms with Gasteiger partial charge < -0.3 is 9.80 Å². The van der Waals surface area contributed by atoms with Crippen LogP contribution in [-0.4, -0.2) is 44.8 Å². The molecule has 7 nitrogen and oxygen atoms in total. The first-order chi connectivity index (χ1) is 17.7. The van der Waals surface area contributed by atoms with Crippen LogP contribution in [0.15, 0.2) is 85.3 Å². The normalized spacial score (nSPS) is 16.7. The molecular weight excluding hydrogens is 446 g/mol. The van der Waals surface area contributed by atoms with E-state index in [4.69, 9.17) is 4.98 Å². The molecule has 0 atom stereocenters. The van der Waals surface area contributed by atoms with Gasteiger partial charge >= 0.3 is 0 Å². The van der Waals surface area contributed by atoms with E-state index in [1.807, 2.05) is 25.3 Å². The summed E-state index contributed by atoms with van der Waals surface area (Å²) in [5, 5.41) is 7.60. The van der Waals surface area contributed by atoms with Crippen molar-refractivity contribution in [1.82, 2.24) is 25.1 Å². The maximum absolute atomic E-state index is 4.76. The van der Waals surface area contributed by atoms with Crippen LogP contribution in [0.25, 0.3) is 11.5 Å². The summed E-state index contributed by atoms with van der Waals surface area (Å²) in [5.41, 5.74) is 5.75. The number of piperidine rings is 1. The highest BCUT2D eigenvalue weighted by atomic mass is 15.3. The Balaban J connectivity index is 1.04. The zero-order chi connectivity index (χ0) is 24.3. The van der Waals surface area contributed by atoms with Crippen molar-refractivity contribution in [3.63, 3.8) is 0 Å². The molecular formula is C29H31N7. The molecule has 36 heavy (non-hydrogen) atoms. The fourth-order valence-electron chi connectivity index (χ4n) is 5.00. The molecule has 0 unspecified atom stereocenters. The Bertz CT molecular complexity index is 1320. The molecule has 2 aliphatic rings. The minimum absolute atomic E-state index is 0.415. The molecule has 0 aliphatic carbocycles. The van der Waals surface area contributed by atoms with Gasteiger partial charge in [-0.15, -0.1) is 0 Å². The Morgan fingerprint density at radius 3 is 2.44 bits per heavy atom. The number of hydrogen-bond acceptors (Lipinski definition) is 6. The first-order valence-corrected chi connectivity index (χ1v) is 12.6. The van der Waals surface area contributed by atoms with Gasteiger partial charge in [-0.2, -0.15) is 5.10 Å². The van der Waals surface area contributed by atoms with Crippen LogP contribution in [-0.2, 0) is 6.54 Å². The quantitative estimate of drug-likeness (QED) is 0.406. The van der Waals surface area contributed by atoms with Crippen molar-refractivity contribution in [3.8, 4) is 11.5 Å². The average molecular weight is 478 g/mol. The minimum Gasteiger partial charge on any atom is -0.328 e. The lowest BCUT2D eigenvalue weighted by atomic mass is 9.96. The number of benzene rings is 2. The Hall–Kier alpha value is -3.97. The van der Waals surface area contributed by atoms with E-state index in [0.29, 0.717) is 11.7 Å². The molecule has 6 rings (SSSR count). The van der Waals surface area contributed by atoms with Gasteiger partial charge in [0.25, 0.3) is 0 Å². The molecule has 4 heterocycles. The smallest absolute Gasteiger partial charge is 0.199 e. The first-order valence-electron chi connectivity index (χ1n) is 12.6. The number of aromatic nitrogens is 4. The van der Waals surface area contributed by atoms with Gasteiger partial charge in [0.2, 0.25) is 0 Å². The van der Waals surface area contributed by atoms with Crippen molar-refractivity contribution >= 4 is 11.4 Å². The van der Waals surface area contributed by atoms with E-state index in [9.17, 15) is 0 Å². The third-order valence-corrected chi connectivity index (χ3v) is 7.08. The summed E-state index contributed by atoms with van der Waals surface area (Å²) in [6.07, 6.45) is 8.33. The highest BCUT2D eigenvalue weighted by Crippen LogP contribution is 2.29. The Labute approximate surface area is 212 Å². The Morgan fingerprint density at radius 1 is 0.889 bits per heavy atom. The second kappa shape index (κ2) is 9.95. The van der Waals surface area contributed by atoms with Gasteiger partial charge in [-0.05, 0) is 74.3 Å². The standard InChI is InChI=1S/C29H31N7/c1-22-10-11-27(30-19-22)29-31-28(32-33-29)24-12-14-34(15-13-24)20-23-6-5-9-26(18-23)36-17-16-35(21-36)25-7-3-2-4-8-25/h2-11,16-19,24H,12-15,20-21H2,1H3,(H,31,32,33). The molecule has 0 spiro atoms. The topological polar surface area (TPSA) is 64.2 Å². The second-order valence-corrected chi connectivity index (χ2v) is 9.70. The Morgan fingerprint density at radius 2 is 1.67 bits per heavy atom. The Kier molecular flexibility index (Phi) is 6.22. The number of pyridine rings is 1. The number of nitrogens with zero attached hydrogens (tertiary/aromatic N) is 6. The molecule has 0 saturated carbocycles. The van der Waals surface area contributed by atoms with Crippen LogP contribution >= 0.6 is 0 Å². The van der Waals surface area contributed by atoms with Crippen LogP contribution in [0.2, 0.25) is 0 Å². The number of aromatic amines is 1.